The molecule has 0 radical (unpaired) electrons. The van der Waals surface area contributed by atoms with E-state index in [1.54, 1.807) is 66.7 Å². The number of aryl methyl sites for hydroxylation is 1. The Hall–Kier alpha value is -16.8. The highest BCUT2D eigenvalue weighted by molar-refractivity contribution is 6.06. The SMILES string of the molecule is O=C(CCc1ccc(O)c(O)c1)NCCc1ccc(O)c(O)c1.O=C(COc1ccc(O)c(O)c1)NCc1ccc(O)c(O)c1.O=C(COc1ccc(O)c(O)c1)Nc1ccc(O)c(O)c1.O=C(Nc1ccc(Oc2ccc(O)c(O)c2)cc1)c1ccc(O)c(O)c1.O=C(Nc1ccccc1Oc1ccc(O)c(O)c1)c1ccc(O)c(O)c1. The van der Waals surface area contributed by atoms with Gasteiger partial charge in [-0.1, -0.05) is 30.3 Å². The highest BCUT2D eigenvalue weighted by atomic mass is 16.5. The largest absolute Gasteiger partial charge is 0.504 e. The van der Waals surface area contributed by atoms with E-state index in [1.165, 1.54) is 158 Å². The van der Waals surface area contributed by atoms with Crippen LogP contribution >= 0.6 is 0 Å². The number of carbonyl (C=O) groups is 5. The van der Waals surface area contributed by atoms with Crippen molar-refractivity contribution >= 4 is 46.6 Å². The van der Waals surface area contributed by atoms with Crippen molar-refractivity contribution < 1.29 is 145 Å². The molecule has 0 unspecified atom stereocenters. The number of nitrogens with one attached hydrogen (secondary N) is 5. The lowest BCUT2D eigenvalue weighted by atomic mass is 10.1. The Bertz CT molecular complexity index is 5480. The van der Waals surface area contributed by atoms with Crippen molar-refractivity contribution in [1.29, 1.82) is 0 Å². The number of rotatable bonds is 23. The van der Waals surface area contributed by atoms with Crippen molar-refractivity contribution in [3.05, 3.63) is 258 Å². The summed E-state index contributed by atoms with van der Waals surface area (Å²) in [6.45, 7) is -0.0130. The fraction of sp³-hybridized carbons (Fsp3) is 0.0833. The van der Waals surface area contributed by atoms with E-state index in [4.69, 9.17) is 34.3 Å². The molecular formula is C84H77N5O29. The van der Waals surface area contributed by atoms with Gasteiger partial charge in [-0.25, -0.2) is 0 Å². The summed E-state index contributed by atoms with van der Waals surface area (Å²) in [6.07, 6.45) is 1.27. The van der Waals surface area contributed by atoms with Crippen LogP contribution in [0.4, 0.5) is 17.1 Å². The van der Waals surface area contributed by atoms with Gasteiger partial charge in [0.2, 0.25) is 5.91 Å². The molecule has 0 spiro atoms. The highest BCUT2D eigenvalue weighted by Crippen LogP contribution is 2.38. The average molecular weight is 1620 g/mol. The highest BCUT2D eigenvalue weighted by Gasteiger charge is 2.17. The van der Waals surface area contributed by atoms with Crippen molar-refractivity contribution in [3.63, 3.8) is 0 Å². The maximum Gasteiger partial charge on any atom is 0.262 e. The molecule has 0 atom stereocenters. The van der Waals surface area contributed by atoms with E-state index >= 15 is 0 Å². The maximum atomic E-state index is 12.3. The van der Waals surface area contributed by atoms with Gasteiger partial charge >= 0.3 is 0 Å². The van der Waals surface area contributed by atoms with Crippen LogP contribution in [-0.2, 0) is 33.8 Å². The van der Waals surface area contributed by atoms with Crippen LogP contribution in [0, 0.1) is 0 Å². The number of para-hydroxylation sites is 2. The van der Waals surface area contributed by atoms with E-state index in [9.17, 15) is 111 Å². The van der Waals surface area contributed by atoms with E-state index in [1.807, 2.05) is 0 Å². The first-order valence-electron chi connectivity index (χ1n) is 34.7. The molecule has 34 heteroatoms. The third-order valence-electron chi connectivity index (χ3n) is 16.0. The van der Waals surface area contributed by atoms with Crippen LogP contribution in [0.2, 0.25) is 0 Å². The zero-order chi connectivity index (χ0) is 85.7. The van der Waals surface area contributed by atoms with Crippen LogP contribution in [-0.4, -0.2) is 151 Å². The first-order valence-corrected chi connectivity index (χ1v) is 34.7. The molecule has 25 N–H and O–H groups in total. The summed E-state index contributed by atoms with van der Waals surface area (Å²) >= 11 is 0. The average Bonchev–Trinajstić information content (AvgIpc) is 0.800. The van der Waals surface area contributed by atoms with E-state index in [0.717, 1.165) is 17.2 Å². The Balaban J connectivity index is 0.000000184. The van der Waals surface area contributed by atoms with E-state index in [-0.39, 0.29) is 170 Å². The summed E-state index contributed by atoms with van der Waals surface area (Å²) in [7, 11) is 0. The van der Waals surface area contributed by atoms with Crippen LogP contribution in [0.5, 0.6) is 149 Å². The van der Waals surface area contributed by atoms with Gasteiger partial charge in [-0.2, -0.15) is 0 Å². The second kappa shape index (κ2) is 41.5. The van der Waals surface area contributed by atoms with E-state index in [0.29, 0.717) is 59.3 Å². The minimum absolute atomic E-state index is 0.124. The fourth-order valence-electron chi connectivity index (χ4n) is 9.74. The number of ether oxygens (including phenoxy) is 4. The van der Waals surface area contributed by atoms with Gasteiger partial charge in [-0.3, -0.25) is 24.0 Å². The summed E-state index contributed by atoms with van der Waals surface area (Å²) in [5.41, 5.74) is 3.69. The number of amides is 5. The van der Waals surface area contributed by atoms with Crippen molar-refractivity contribution in [1.82, 2.24) is 10.6 Å². The van der Waals surface area contributed by atoms with Crippen molar-refractivity contribution in [3.8, 4) is 149 Å². The quantitative estimate of drug-likeness (QED) is 0.0209. The molecule has 0 aliphatic rings. The fourth-order valence-corrected chi connectivity index (χ4v) is 9.74. The number of carbonyl (C=O) groups excluding carboxylic acids is 5. The second-order valence-corrected chi connectivity index (χ2v) is 24.8. The van der Waals surface area contributed by atoms with Gasteiger partial charge in [0.25, 0.3) is 23.6 Å². The number of benzene rings is 12. The Labute approximate surface area is 668 Å². The molecule has 12 aromatic carbocycles. The van der Waals surface area contributed by atoms with Gasteiger partial charge in [0.1, 0.15) is 28.7 Å². The van der Waals surface area contributed by atoms with Crippen molar-refractivity contribution in [2.75, 3.05) is 35.7 Å². The standard InChI is InChI=1S/2C19H15NO6.C17H19NO5.C15H15NO6.C14H13NO6/c21-15-7-1-11(9-17(15)23)19(25)20-12-2-4-13(5-3-12)26-14-6-8-16(22)18(24)10-14;21-14-7-5-11(9-16(14)23)19(25)20-13-3-1-2-4-18(13)26-12-6-8-15(22)17(24)10-12;19-13-4-1-11(9-15(13)21)3-6-17(23)18-8-7-12-2-5-14(20)16(22)10-12;17-11-3-1-9(5-13(11)19)7-16-15(21)8-22-10-2-4-12(18)14(20)6-10;16-10-3-1-8(5-12(10)18)15-14(20)7-21-9-2-4-11(17)13(19)6-9/h2*1-10,21-24H,(H,20,25);1-2,4-5,9-10,19-22H,3,6-8H2,(H,18,23);1-6,17-20H,7-8H2,(H,16,21);1-6,16-19H,7H2,(H,15,20). The first-order chi connectivity index (χ1) is 56.2. The minimum atomic E-state index is -0.509. The van der Waals surface area contributed by atoms with E-state index < -0.39 is 29.4 Å². The van der Waals surface area contributed by atoms with Crippen LogP contribution in [0.1, 0.15) is 43.8 Å². The molecule has 0 aromatic heterocycles. The summed E-state index contributed by atoms with van der Waals surface area (Å²) in [6, 6.07) is 53.5. The van der Waals surface area contributed by atoms with Crippen molar-refractivity contribution in [2.24, 2.45) is 0 Å². The topological polar surface area (TPSA) is 587 Å². The van der Waals surface area contributed by atoms with Gasteiger partial charge in [-0.05, 0) is 199 Å². The van der Waals surface area contributed by atoms with Gasteiger partial charge in [0.05, 0.1) is 5.69 Å². The second-order valence-electron chi connectivity index (χ2n) is 24.8. The smallest absolute Gasteiger partial charge is 0.262 e. The first kappa shape index (κ1) is 86.8. The number of anilines is 3. The molecule has 0 aliphatic heterocycles. The van der Waals surface area contributed by atoms with Gasteiger partial charge in [0, 0.05) is 72.3 Å². The van der Waals surface area contributed by atoms with Gasteiger partial charge in [0.15, 0.2) is 134 Å². The molecule has 0 fully saturated rings. The monoisotopic (exact) mass is 1620 g/mol. The summed E-state index contributed by atoms with van der Waals surface area (Å²) in [4.78, 5) is 59.5. The molecule has 34 nitrogen and oxygen atoms in total. The number of phenols is 20. The maximum absolute atomic E-state index is 12.3. The lowest BCUT2D eigenvalue weighted by Crippen LogP contribution is -2.28. The molecule has 0 saturated heterocycles. The van der Waals surface area contributed by atoms with Gasteiger partial charge < -0.3 is 148 Å². The molecule has 5 amide bonds. The lowest BCUT2D eigenvalue weighted by Gasteiger charge is -2.13. The normalized spacial score (nSPS) is 10.3. The number of aromatic hydroxyl groups is 20. The van der Waals surface area contributed by atoms with Crippen LogP contribution in [0.25, 0.3) is 0 Å². The third-order valence-corrected chi connectivity index (χ3v) is 16.0. The minimum Gasteiger partial charge on any atom is -0.504 e. The lowest BCUT2D eigenvalue weighted by molar-refractivity contribution is -0.123. The Morgan fingerprint density at radius 1 is 0.263 bits per heavy atom. The zero-order valence-electron chi connectivity index (χ0n) is 61.5. The Kier molecular flexibility index (Phi) is 30.5. The van der Waals surface area contributed by atoms with Crippen LogP contribution in [0.3, 0.4) is 0 Å². The van der Waals surface area contributed by atoms with E-state index in [2.05, 4.69) is 26.6 Å². The van der Waals surface area contributed by atoms with Crippen LogP contribution in [0.15, 0.2) is 231 Å². The number of hydrogen-bond acceptors (Lipinski definition) is 29. The zero-order valence-corrected chi connectivity index (χ0v) is 61.5. The Morgan fingerprint density at radius 2 is 0.619 bits per heavy atom. The molecule has 0 aliphatic carbocycles. The Morgan fingerprint density at radius 3 is 1.08 bits per heavy atom. The molecule has 612 valence electrons. The number of hydrogen-bond donors (Lipinski definition) is 25. The van der Waals surface area contributed by atoms with Gasteiger partial charge in [-0.15, -0.1) is 0 Å². The molecule has 12 aromatic rings. The molecule has 0 heterocycles. The van der Waals surface area contributed by atoms with Crippen molar-refractivity contribution in [2.45, 2.75) is 25.8 Å². The molecular weight excluding hydrogens is 1540 g/mol. The molecule has 0 saturated carbocycles. The summed E-state index contributed by atoms with van der Waals surface area (Å²) in [5, 5.41) is 199. The number of phenolic OH excluding ortho intramolecular Hbond substituents is 20. The van der Waals surface area contributed by atoms with Crippen LogP contribution < -0.4 is 45.5 Å². The predicted octanol–water partition coefficient (Wildman–Crippen LogP) is 11.6. The molecule has 0 bridgehead atoms. The predicted molar refractivity (Wildman–Crippen MR) is 423 cm³/mol. The third kappa shape index (κ3) is 27.0. The summed E-state index contributed by atoms with van der Waals surface area (Å²) in [5.74, 6) is -5.77. The molecule has 12 rings (SSSR count). The molecule has 118 heavy (non-hydrogen) atoms. The summed E-state index contributed by atoms with van der Waals surface area (Å²) < 4.78 is 21.5.